The second-order valence-corrected chi connectivity index (χ2v) is 7.19. The van der Waals surface area contributed by atoms with Crippen LogP contribution in [0.5, 0.6) is 5.75 Å². The van der Waals surface area contributed by atoms with Gasteiger partial charge in [0.05, 0.1) is 13.2 Å². The SMILES string of the molecule is COc1cccc([C@H]2CCCCN2C(=O)c2cnc3sccn3c2=O)c1. The van der Waals surface area contributed by atoms with Crippen molar-refractivity contribution in [3.8, 4) is 5.75 Å². The molecule has 3 aromatic rings. The number of thiazole rings is 1. The Morgan fingerprint density at radius 3 is 3.08 bits per heavy atom. The van der Waals surface area contributed by atoms with Crippen LogP contribution in [-0.2, 0) is 0 Å². The van der Waals surface area contributed by atoms with Crippen molar-refractivity contribution in [2.75, 3.05) is 13.7 Å². The summed E-state index contributed by atoms with van der Waals surface area (Å²) in [5.74, 6) is 0.512. The lowest BCUT2D eigenvalue weighted by Crippen LogP contribution is -2.41. The highest BCUT2D eigenvalue weighted by atomic mass is 32.1. The van der Waals surface area contributed by atoms with Crippen molar-refractivity contribution in [1.29, 1.82) is 0 Å². The number of aromatic nitrogens is 2. The number of hydrogen-bond acceptors (Lipinski definition) is 5. The lowest BCUT2D eigenvalue weighted by molar-refractivity contribution is 0.0608. The summed E-state index contributed by atoms with van der Waals surface area (Å²) in [7, 11) is 1.63. The summed E-state index contributed by atoms with van der Waals surface area (Å²) in [6, 6.07) is 7.72. The van der Waals surface area contributed by atoms with Crippen molar-refractivity contribution in [2.45, 2.75) is 25.3 Å². The summed E-state index contributed by atoms with van der Waals surface area (Å²) >= 11 is 1.37. The molecule has 0 bridgehead atoms. The second-order valence-electron chi connectivity index (χ2n) is 6.32. The minimum Gasteiger partial charge on any atom is -0.497 e. The van der Waals surface area contributed by atoms with E-state index in [0.29, 0.717) is 11.5 Å². The highest BCUT2D eigenvalue weighted by molar-refractivity contribution is 7.15. The van der Waals surface area contributed by atoms with Gasteiger partial charge < -0.3 is 9.64 Å². The number of nitrogens with zero attached hydrogens (tertiary/aromatic N) is 3. The third kappa shape index (κ3) is 2.88. The molecule has 0 N–H and O–H groups in total. The maximum Gasteiger partial charge on any atom is 0.271 e. The molecule has 0 radical (unpaired) electrons. The molecular weight excluding hydrogens is 350 g/mol. The molecule has 1 atom stereocenters. The van der Waals surface area contributed by atoms with Gasteiger partial charge in [-0.2, -0.15) is 0 Å². The van der Waals surface area contributed by atoms with Crippen molar-refractivity contribution < 1.29 is 9.53 Å². The summed E-state index contributed by atoms with van der Waals surface area (Å²) in [6.07, 6.45) is 5.91. The second kappa shape index (κ2) is 6.92. The van der Waals surface area contributed by atoms with Gasteiger partial charge in [-0.1, -0.05) is 12.1 Å². The predicted molar refractivity (Wildman–Crippen MR) is 100.0 cm³/mol. The molecule has 1 aromatic carbocycles. The van der Waals surface area contributed by atoms with Crippen molar-refractivity contribution >= 4 is 22.2 Å². The number of hydrogen-bond donors (Lipinski definition) is 0. The number of benzene rings is 1. The van der Waals surface area contributed by atoms with Gasteiger partial charge in [-0.25, -0.2) is 4.98 Å². The van der Waals surface area contributed by atoms with Crippen LogP contribution in [0.4, 0.5) is 0 Å². The molecule has 0 saturated carbocycles. The number of carbonyl (C=O) groups excluding carboxylic acids is 1. The Kier molecular flexibility index (Phi) is 4.46. The van der Waals surface area contributed by atoms with Crippen LogP contribution in [0.15, 0.2) is 46.8 Å². The van der Waals surface area contributed by atoms with E-state index >= 15 is 0 Å². The lowest BCUT2D eigenvalue weighted by Gasteiger charge is -2.36. The Bertz CT molecular complexity index is 1010. The Labute approximate surface area is 154 Å². The summed E-state index contributed by atoms with van der Waals surface area (Å²) < 4.78 is 6.75. The fraction of sp³-hybridized carbons (Fsp3) is 0.316. The van der Waals surface area contributed by atoms with Gasteiger partial charge in [0.2, 0.25) is 0 Å². The molecule has 3 heterocycles. The van der Waals surface area contributed by atoms with E-state index in [1.165, 1.54) is 21.9 Å². The number of fused-ring (bicyclic) bond motifs is 1. The smallest absolute Gasteiger partial charge is 0.271 e. The molecular formula is C19H19N3O3S. The Balaban J connectivity index is 1.72. The first-order chi connectivity index (χ1) is 12.7. The van der Waals surface area contributed by atoms with Gasteiger partial charge in [-0.15, -0.1) is 11.3 Å². The first kappa shape index (κ1) is 16.8. The van der Waals surface area contributed by atoms with E-state index in [1.807, 2.05) is 24.3 Å². The largest absolute Gasteiger partial charge is 0.497 e. The third-order valence-electron chi connectivity index (χ3n) is 4.82. The van der Waals surface area contributed by atoms with E-state index in [2.05, 4.69) is 4.98 Å². The Morgan fingerprint density at radius 1 is 1.35 bits per heavy atom. The van der Waals surface area contributed by atoms with Crippen LogP contribution in [0, 0.1) is 0 Å². The first-order valence-electron chi connectivity index (χ1n) is 8.59. The Hall–Kier alpha value is -2.67. The zero-order valence-electron chi connectivity index (χ0n) is 14.4. The quantitative estimate of drug-likeness (QED) is 0.712. The summed E-state index contributed by atoms with van der Waals surface area (Å²) in [6.45, 7) is 0.631. The molecule has 1 fully saturated rings. The summed E-state index contributed by atoms with van der Waals surface area (Å²) in [4.78, 5) is 32.5. The molecule has 6 nitrogen and oxygen atoms in total. The molecule has 1 saturated heterocycles. The number of methoxy groups -OCH3 is 1. The molecule has 134 valence electrons. The molecule has 26 heavy (non-hydrogen) atoms. The normalized spacial score (nSPS) is 17.4. The molecule has 1 amide bonds. The summed E-state index contributed by atoms with van der Waals surface area (Å²) in [5.41, 5.74) is 0.842. The molecule has 0 spiro atoms. The van der Waals surface area contributed by atoms with Gasteiger partial charge in [0.15, 0.2) is 4.96 Å². The van der Waals surface area contributed by atoms with Crippen molar-refractivity contribution in [1.82, 2.24) is 14.3 Å². The van der Waals surface area contributed by atoms with Gasteiger partial charge in [0, 0.05) is 24.3 Å². The molecule has 1 aliphatic heterocycles. The number of rotatable bonds is 3. The van der Waals surface area contributed by atoms with Gasteiger partial charge >= 0.3 is 0 Å². The average molecular weight is 369 g/mol. The van der Waals surface area contributed by atoms with Crippen LogP contribution in [-0.4, -0.2) is 33.8 Å². The monoisotopic (exact) mass is 369 g/mol. The minimum absolute atomic E-state index is 0.0612. The maximum atomic E-state index is 13.2. The van der Waals surface area contributed by atoms with E-state index in [9.17, 15) is 9.59 Å². The van der Waals surface area contributed by atoms with Crippen LogP contribution in [0.2, 0.25) is 0 Å². The minimum atomic E-state index is -0.309. The van der Waals surface area contributed by atoms with Crippen LogP contribution in [0.25, 0.3) is 4.96 Å². The highest BCUT2D eigenvalue weighted by Crippen LogP contribution is 2.33. The van der Waals surface area contributed by atoms with Gasteiger partial charge in [-0.05, 0) is 37.0 Å². The molecule has 0 aliphatic carbocycles. The fourth-order valence-corrected chi connectivity index (χ4v) is 4.17. The van der Waals surface area contributed by atoms with Crippen molar-refractivity contribution in [3.05, 3.63) is 63.5 Å². The van der Waals surface area contributed by atoms with E-state index < -0.39 is 0 Å². The average Bonchev–Trinajstić information content (AvgIpc) is 3.17. The van der Waals surface area contributed by atoms with Crippen molar-refractivity contribution in [3.63, 3.8) is 0 Å². The molecule has 0 unspecified atom stereocenters. The number of likely N-dealkylation sites (tertiary alicyclic amines) is 1. The van der Waals surface area contributed by atoms with E-state index in [4.69, 9.17) is 4.74 Å². The van der Waals surface area contributed by atoms with Gasteiger partial charge in [0.1, 0.15) is 11.3 Å². The number of amides is 1. The van der Waals surface area contributed by atoms with Crippen LogP contribution in [0.3, 0.4) is 0 Å². The zero-order valence-corrected chi connectivity index (χ0v) is 15.2. The molecule has 4 rings (SSSR count). The molecule has 1 aliphatic rings. The number of piperidine rings is 1. The van der Waals surface area contributed by atoms with E-state index in [1.54, 1.807) is 23.6 Å². The first-order valence-corrected chi connectivity index (χ1v) is 9.47. The van der Waals surface area contributed by atoms with Gasteiger partial charge in [0.25, 0.3) is 11.5 Å². The standard InChI is InChI=1S/C19H19N3O3S/c1-25-14-6-4-5-13(11-14)16-7-2-3-8-21(16)17(23)15-12-20-19-22(18(15)24)9-10-26-19/h4-6,9-12,16H,2-3,7-8H2,1H3/t16-/m1/s1. The topological polar surface area (TPSA) is 63.9 Å². The molecule has 2 aromatic heterocycles. The van der Waals surface area contributed by atoms with Crippen LogP contribution >= 0.6 is 11.3 Å². The molecule has 7 heteroatoms. The zero-order chi connectivity index (χ0) is 18.1. The summed E-state index contributed by atoms with van der Waals surface area (Å²) in [5, 5.41) is 1.79. The van der Waals surface area contributed by atoms with E-state index in [0.717, 1.165) is 30.6 Å². The maximum absolute atomic E-state index is 13.2. The predicted octanol–water partition coefficient (Wildman–Crippen LogP) is 3.13. The lowest BCUT2D eigenvalue weighted by atomic mass is 9.94. The van der Waals surface area contributed by atoms with Crippen LogP contribution in [0.1, 0.15) is 41.2 Å². The Morgan fingerprint density at radius 2 is 2.23 bits per heavy atom. The fourth-order valence-electron chi connectivity index (χ4n) is 3.50. The van der Waals surface area contributed by atoms with Crippen LogP contribution < -0.4 is 10.3 Å². The van der Waals surface area contributed by atoms with Crippen molar-refractivity contribution in [2.24, 2.45) is 0 Å². The van der Waals surface area contributed by atoms with E-state index in [-0.39, 0.29) is 23.1 Å². The highest BCUT2D eigenvalue weighted by Gasteiger charge is 2.30. The third-order valence-corrected chi connectivity index (χ3v) is 5.59. The van der Waals surface area contributed by atoms with Gasteiger partial charge in [-0.3, -0.25) is 14.0 Å². The number of carbonyl (C=O) groups is 1. The number of ether oxygens (including phenoxy) is 1.